The van der Waals surface area contributed by atoms with Crippen LogP contribution in [0, 0.1) is 6.92 Å². The highest BCUT2D eigenvalue weighted by molar-refractivity contribution is 6.32. The second-order valence-corrected chi connectivity index (χ2v) is 8.74. The summed E-state index contributed by atoms with van der Waals surface area (Å²) in [5, 5.41) is 15.5. The Balaban J connectivity index is 1.93. The third-order valence-corrected chi connectivity index (χ3v) is 5.50. The minimum Gasteiger partial charge on any atom is -0.396 e. The first-order chi connectivity index (χ1) is 14.7. The molecule has 3 aromatic heterocycles. The van der Waals surface area contributed by atoms with E-state index in [-0.39, 0.29) is 41.6 Å². The van der Waals surface area contributed by atoms with Crippen molar-refractivity contribution in [3.63, 3.8) is 0 Å². The van der Waals surface area contributed by atoms with Crippen LogP contribution >= 0.6 is 23.2 Å². The second kappa shape index (κ2) is 9.94. The molecule has 3 rings (SSSR count). The van der Waals surface area contributed by atoms with Gasteiger partial charge in [0.25, 0.3) is 0 Å². The Morgan fingerprint density at radius 2 is 1.87 bits per heavy atom. The number of hydrogen-bond donors (Lipinski definition) is 1. The summed E-state index contributed by atoms with van der Waals surface area (Å²) in [4.78, 5) is 23.5. The Hall–Kier alpha value is -2.22. The number of carbonyl (C=O) groups is 1. The molecule has 3 heterocycles. The zero-order valence-corrected chi connectivity index (χ0v) is 19.7. The molecule has 0 spiro atoms. The average molecular weight is 464 g/mol. The van der Waals surface area contributed by atoms with Gasteiger partial charge in [0.15, 0.2) is 11.4 Å². The number of rotatable bonds is 9. The number of carbonyl (C=O) groups excluding carboxylic acids is 1. The fraction of sp³-hybridized carbons (Fsp3) is 0.455. The van der Waals surface area contributed by atoms with E-state index in [0.29, 0.717) is 24.3 Å². The van der Waals surface area contributed by atoms with Gasteiger partial charge < -0.3 is 10.0 Å². The summed E-state index contributed by atoms with van der Waals surface area (Å²) in [6.45, 7) is 6.94. The normalized spacial score (nSPS) is 11.5. The SMILES string of the molecule is Cc1nn(C)c2nc(N(CCCO)CC(=O)Cc3cc(Cl)nc(Cl)c3)cc(C(C)C)c12. The molecule has 3 aromatic rings. The molecule has 0 amide bonds. The summed E-state index contributed by atoms with van der Waals surface area (Å²) in [6, 6.07) is 5.32. The molecule has 9 heteroatoms. The molecule has 0 radical (unpaired) electrons. The van der Waals surface area contributed by atoms with Crippen molar-refractivity contribution < 1.29 is 9.90 Å². The van der Waals surface area contributed by atoms with Crippen molar-refractivity contribution in [2.45, 2.75) is 39.5 Å². The van der Waals surface area contributed by atoms with Crippen LogP contribution in [0.15, 0.2) is 18.2 Å². The first-order valence-corrected chi connectivity index (χ1v) is 11.0. The molecule has 0 atom stereocenters. The Bertz CT molecular complexity index is 1080. The molecule has 0 aliphatic carbocycles. The summed E-state index contributed by atoms with van der Waals surface area (Å²) in [5.41, 5.74) is 3.57. The Kier molecular flexibility index (Phi) is 7.51. The quantitative estimate of drug-likeness (QED) is 0.480. The van der Waals surface area contributed by atoms with E-state index in [1.165, 1.54) is 0 Å². The maximum atomic E-state index is 12.9. The number of anilines is 1. The van der Waals surface area contributed by atoms with E-state index in [1.54, 1.807) is 16.8 Å². The zero-order valence-electron chi connectivity index (χ0n) is 18.2. The average Bonchev–Trinajstić information content (AvgIpc) is 2.97. The van der Waals surface area contributed by atoms with Crippen LogP contribution in [0.5, 0.6) is 0 Å². The monoisotopic (exact) mass is 463 g/mol. The van der Waals surface area contributed by atoms with Gasteiger partial charge in [-0.05, 0) is 48.6 Å². The highest BCUT2D eigenvalue weighted by Crippen LogP contribution is 2.30. The first-order valence-electron chi connectivity index (χ1n) is 10.2. The van der Waals surface area contributed by atoms with E-state index in [1.807, 2.05) is 24.9 Å². The molecule has 31 heavy (non-hydrogen) atoms. The topological polar surface area (TPSA) is 84.1 Å². The summed E-state index contributed by atoms with van der Waals surface area (Å²) in [7, 11) is 1.87. The van der Waals surface area contributed by atoms with E-state index >= 15 is 0 Å². The molecule has 0 aliphatic rings. The van der Waals surface area contributed by atoms with Crippen LogP contribution in [-0.4, -0.2) is 50.3 Å². The number of aryl methyl sites for hydroxylation is 2. The molecular weight excluding hydrogens is 437 g/mol. The predicted octanol–water partition coefficient (Wildman–Crippen LogP) is 4.10. The number of halogens is 2. The van der Waals surface area contributed by atoms with Gasteiger partial charge in [0.2, 0.25) is 0 Å². The minimum atomic E-state index is -0.00884. The molecule has 0 bridgehead atoms. The van der Waals surface area contributed by atoms with Gasteiger partial charge in [0.1, 0.15) is 16.1 Å². The lowest BCUT2D eigenvalue weighted by Crippen LogP contribution is -2.33. The van der Waals surface area contributed by atoms with Crippen molar-refractivity contribution in [2.75, 3.05) is 24.6 Å². The van der Waals surface area contributed by atoms with Gasteiger partial charge in [-0.15, -0.1) is 0 Å². The molecule has 0 fully saturated rings. The van der Waals surface area contributed by atoms with Crippen molar-refractivity contribution in [2.24, 2.45) is 7.05 Å². The van der Waals surface area contributed by atoms with E-state index in [4.69, 9.17) is 28.2 Å². The maximum Gasteiger partial charge on any atom is 0.160 e. The molecule has 0 aliphatic heterocycles. The van der Waals surface area contributed by atoms with Gasteiger partial charge in [-0.25, -0.2) is 9.97 Å². The summed E-state index contributed by atoms with van der Waals surface area (Å²) < 4.78 is 1.77. The first kappa shape index (κ1) is 23.4. The standard InChI is InChI=1S/C22H27Cl2N5O2/c1-13(2)17-11-20(26-22-21(17)14(3)27-28(22)4)29(6-5-7-30)12-16(31)8-15-9-18(23)25-19(24)10-15/h9-11,13,30H,5-8,12H2,1-4H3. The Labute approximate surface area is 192 Å². The van der Waals surface area contributed by atoms with Crippen molar-refractivity contribution in [1.82, 2.24) is 19.7 Å². The molecule has 0 saturated heterocycles. The van der Waals surface area contributed by atoms with Crippen LogP contribution in [0.25, 0.3) is 11.0 Å². The number of ketones is 1. The fourth-order valence-electron chi connectivity index (χ4n) is 3.73. The lowest BCUT2D eigenvalue weighted by Gasteiger charge is -2.24. The highest BCUT2D eigenvalue weighted by atomic mass is 35.5. The van der Waals surface area contributed by atoms with Gasteiger partial charge in [-0.3, -0.25) is 9.48 Å². The van der Waals surface area contributed by atoms with Crippen molar-refractivity contribution in [3.8, 4) is 0 Å². The van der Waals surface area contributed by atoms with Crippen LogP contribution in [-0.2, 0) is 18.3 Å². The number of pyridine rings is 2. The Morgan fingerprint density at radius 3 is 2.48 bits per heavy atom. The van der Waals surface area contributed by atoms with Gasteiger partial charge in [-0.2, -0.15) is 5.10 Å². The molecule has 0 aromatic carbocycles. The van der Waals surface area contributed by atoms with Crippen molar-refractivity contribution >= 4 is 45.8 Å². The van der Waals surface area contributed by atoms with E-state index in [2.05, 4.69) is 23.9 Å². The zero-order chi connectivity index (χ0) is 22.7. The van der Waals surface area contributed by atoms with Crippen LogP contribution in [0.4, 0.5) is 5.82 Å². The number of aromatic nitrogens is 4. The number of Topliss-reactive ketones (excluding diaryl/α,β-unsaturated/α-hetero) is 1. The molecule has 166 valence electrons. The summed E-state index contributed by atoms with van der Waals surface area (Å²) >= 11 is 11.9. The van der Waals surface area contributed by atoms with Gasteiger partial charge in [-0.1, -0.05) is 37.0 Å². The molecule has 0 saturated carbocycles. The molecule has 0 unspecified atom stereocenters. The largest absolute Gasteiger partial charge is 0.396 e. The van der Waals surface area contributed by atoms with E-state index in [9.17, 15) is 9.90 Å². The minimum absolute atomic E-state index is 0.00884. The number of aliphatic hydroxyl groups is 1. The van der Waals surface area contributed by atoms with Crippen LogP contribution < -0.4 is 4.90 Å². The lowest BCUT2D eigenvalue weighted by atomic mass is 9.99. The van der Waals surface area contributed by atoms with Crippen LogP contribution in [0.1, 0.15) is 43.0 Å². The van der Waals surface area contributed by atoms with Crippen LogP contribution in [0.2, 0.25) is 10.3 Å². The highest BCUT2D eigenvalue weighted by Gasteiger charge is 2.20. The smallest absolute Gasteiger partial charge is 0.160 e. The molecule has 1 N–H and O–H groups in total. The summed E-state index contributed by atoms with van der Waals surface area (Å²) in [6.07, 6.45) is 0.711. The van der Waals surface area contributed by atoms with Crippen molar-refractivity contribution in [3.05, 3.63) is 45.3 Å². The van der Waals surface area contributed by atoms with Gasteiger partial charge in [0, 0.05) is 32.0 Å². The molecular formula is C22H27Cl2N5O2. The second-order valence-electron chi connectivity index (χ2n) is 7.97. The third-order valence-electron chi connectivity index (χ3n) is 5.11. The number of hydrogen-bond acceptors (Lipinski definition) is 6. The Morgan fingerprint density at radius 1 is 1.19 bits per heavy atom. The lowest BCUT2D eigenvalue weighted by molar-refractivity contribution is -0.117. The van der Waals surface area contributed by atoms with Crippen molar-refractivity contribution in [1.29, 1.82) is 0 Å². The fourth-order valence-corrected chi connectivity index (χ4v) is 4.24. The van der Waals surface area contributed by atoms with E-state index < -0.39 is 0 Å². The predicted molar refractivity (Wildman–Crippen MR) is 124 cm³/mol. The number of aliphatic hydroxyl groups excluding tert-OH is 1. The number of fused-ring (bicyclic) bond motifs is 1. The molecule has 7 nitrogen and oxygen atoms in total. The third kappa shape index (κ3) is 5.53. The summed E-state index contributed by atoms with van der Waals surface area (Å²) in [5.74, 6) is 0.959. The number of nitrogens with zero attached hydrogens (tertiary/aromatic N) is 5. The maximum absolute atomic E-state index is 12.9. The van der Waals surface area contributed by atoms with Gasteiger partial charge in [0.05, 0.1) is 12.2 Å². The van der Waals surface area contributed by atoms with E-state index in [0.717, 1.165) is 22.3 Å². The van der Waals surface area contributed by atoms with Crippen LogP contribution in [0.3, 0.4) is 0 Å². The van der Waals surface area contributed by atoms with Gasteiger partial charge >= 0.3 is 0 Å².